The number of carboxylic acids is 1. The van der Waals surface area contributed by atoms with Gasteiger partial charge in [-0.2, -0.15) is 0 Å². The molecule has 1 unspecified atom stereocenters. The Morgan fingerprint density at radius 2 is 1.65 bits per heavy atom. The number of amides is 2. The van der Waals surface area contributed by atoms with E-state index in [9.17, 15) is 19.5 Å². The largest absolute Gasteiger partial charge is 0.480 e. The first-order valence-electron chi connectivity index (χ1n) is 12.0. The van der Waals surface area contributed by atoms with E-state index in [2.05, 4.69) is 29.6 Å². The van der Waals surface area contributed by atoms with Gasteiger partial charge in [-0.25, -0.2) is 9.59 Å². The monoisotopic (exact) mass is 464 g/mol. The lowest BCUT2D eigenvalue weighted by Gasteiger charge is -2.34. The number of hydrogen-bond donors (Lipinski definition) is 2. The summed E-state index contributed by atoms with van der Waals surface area (Å²) in [4.78, 5) is 38.7. The van der Waals surface area contributed by atoms with Crippen LogP contribution in [0.4, 0.5) is 4.79 Å². The molecule has 2 aromatic rings. The van der Waals surface area contributed by atoms with Gasteiger partial charge in [0.1, 0.15) is 12.6 Å². The number of rotatable bonds is 7. The van der Waals surface area contributed by atoms with Crippen LogP contribution >= 0.6 is 0 Å². The Bertz CT molecular complexity index is 1020. The van der Waals surface area contributed by atoms with Gasteiger partial charge >= 0.3 is 12.1 Å². The van der Waals surface area contributed by atoms with Gasteiger partial charge in [-0.3, -0.25) is 4.79 Å². The summed E-state index contributed by atoms with van der Waals surface area (Å²) in [6.45, 7) is 4.48. The lowest BCUT2D eigenvalue weighted by Crippen LogP contribution is -2.50. The van der Waals surface area contributed by atoms with E-state index in [1.165, 1.54) is 4.90 Å². The SMILES string of the molecule is CC(C)C(CC(=O)N1CCCC[C@@H]1C(=O)O)NC(=O)OCC1c2ccccc2-c2ccccc21. The molecule has 7 nitrogen and oxygen atoms in total. The number of carbonyl (C=O) groups excluding carboxylic acids is 2. The average Bonchev–Trinajstić information content (AvgIpc) is 3.16. The second kappa shape index (κ2) is 10.3. The van der Waals surface area contributed by atoms with Gasteiger partial charge in [-0.05, 0) is 47.4 Å². The highest BCUT2D eigenvalue weighted by Gasteiger charge is 2.34. The molecule has 7 heteroatoms. The lowest BCUT2D eigenvalue weighted by atomic mass is 9.97. The number of benzene rings is 2. The molecule has 2 aliphatic rings. The van der Waals surface area contributed by atoms with Crippen LogP contribution < -0.4 is 5.32 Å². The minimum Gasteiger partial charge on any atom is -0.480 e. The molecule has 1 heterocycles. The number of carboxylic acid groups (broad SMARTS) is 1. The summed E-state index contributed by atoms with van der Waals surface area (Å²) in [5.41, 5.74) is 4.59. The van der Waals surface area contributed by atoms with Crippen LogP contribution in [0.2, 0.25) is 0 Å². The molecule has 0 spiro atoms. The van der Waals surface area contributed by atoms with E-state index < -0.39 is 24.1 Å². The van der Waals surface area contributed by atoms with E-state index in [-0.39, 0.29) is 30.8 Å². The zero-order valence-corrected chi connectivity index (χ0v) is 19.7. The van der Waals surface area contributed by atoms with E-state index >= 15 is 0 Å². The molecular weight excluding hydrogens is 432 g/mol. The van der Waals surface area contributed by atoms with Crippen molar-refractivity contribution < 1.29 is 24.2 Å². The first kappa shape index (κ1) is 23.8. The number of ether oxygens (including phenoxy) is 1. The van der Waals surface area contributed by atoms with Gasteiger partial charge < -0.3 is 20.1 Å². The van der Waals surface area contributed by atoms with Crippen molar-refractivity contribution in [2.24, 2.45) is 5.92 Å². The first-order chi connectivity index (χ1) is 16.4. The van der Waals surface area contributed by atoms with Gasteiger partial charge in [0.25, 0.3) is 0 Å². The number of aliphatic carboxylic acids is 1. The van der Waals surface area contributed by atoms with Crippen LogP contribution in [-0.4, -0.2) is 53.2 Å². The summed E-state index contributed by atoms with van der Waals surface area (Å²) < 4.78 is 5.64. The molecule has 0 saturated carbocycles. The van der Waals surface area contributed by atoms with Crippen LogP contribution in [0.1, 0.15) is 56.6 Å². The minimum atomic E-state index is -0.973. The second-order valence-corrected chi connectivity index (χ2v) is 9.46. The number of likely N-dealkylation sites (tertiary alicyclic amines) is 1. The van der Waals surface area contributed by atoms with Gasteiger partial charge in [0.15, 0.2) is 0 Å². The van der Waals surface area contributed by atoms with Crippen LogP contribution in [0.3, 0.4) is 0 Å². The van der Waals surface area contributed by atoms with E-state index in [0.717, 1.165) is 35.1 Å². The van der Waals surface area contributed by atoms with E-state index in [1.54, 1.807) is 0 Å². The minimum absolute atomic E-state index is 0.0162. The molecule has 1 aliphatic carbocycles. The summed E-state index contributed by atoms with van der Waals surface area (Å²) >= 11 is 0. The van der Waals surface area contributed by atoms with Crippen molar-refractivity contribution in [3.05, 3.63) is 59.7 Å². The van der Waals surface area contributed by atoms with E-state index in [1.807, 2.05) is 38.1 Å². The van der Waals surface area contributed by atoms with Crippen LogP contribution in [-0.2, 0) is 14.3 Å². The molecule has 180 valence electrons. The van der Waals surface area contributed by atoms with Gasteiger partial charge in [0, 0.05) is 24.9 Å². The third-order valence-corrected chi connectivity index (χ3v) is 6.95. The Labute approximate surface area is 200 Å². The summed E-state index contributed by atoms with van der Waals surface area (Å²) in [5.74, 6) is -1.28. The Morgan fingerprint density at radius 1 is 1.03 bits per heavy atom. The molecule has 4 rings (SSSR count). The van der Waals surface area contributed by atoms with Crippen molar-refractivity contribution in [3.8, 4) is 11.1 Å². The van der Waals surface area contributed by atoms with E-state index in [0.29, 0.717) is 13.0 Å². The number of alkyl carbamates (subject to hydrolysis) is 1. The Hall–Kier alpha value is -3.35. The summed E-state index contributed by atoms with van der Waals surface area (Å²) in [7, 11) is 0. The second-order valence-electron chi connectivity index (χ2n) is 9.46. The number of nitrogens with one attached hydrogen (secondary N) is 1. The van der Waals surface area contributed by atoms with Crippen molar-refractivity contribution in [2.45, 2.75) is 57.5 Å². The molecule has 1 saturated heterocycles. The van der Waals surface area contributed by atoms with Gasteiger partial charge in [0.2, 0.25) is 5.91 Å². The molecule has 2 N–H and O–H groups in total. The molecule has 0 radical (unpaired) electrons. The Balaban J connectivity index is 1.38. The quantitative estimate of drug-likeness (QED) is 0.633. The average molecular weight is 465 g/mol. The molecule has 2 amide bonds. The highest BCUT2D eigenvalue weighted by molar-refractivity contribution is 5.84. The van der Waals surface area contributed by atoms with Crippen LogP contribution in [0.25, 0.3) is 11.1 Å². The smallest absolute Gasteiger partial charge is 0.407 e. The van der Waals surface area contributed by atoms with Crippen molar-refractivity contribution >= 4 is 18.0 Å². The van der Waals surface area contributed by atoms with Crippen LogP contribution in [0.15, 0.2) is 48.5 Å². The number of fused-ring (bicyclic) bond motifs is 3. The molecule has 1 aliphatic heterocycles. The Kier molecular flexibility index (Phi) is 7.20. The molecule has 0 bridgehead atoms. The summed E-state index contributed by atoms with van der Waals surface area (Å²) in [5, 5.41) is 12.3. The summed E-state index contributed by atoms with van der Waals surface area (Å²) in [6, 6.07) is 15.1. The van der Waals surface area contributed by atoms with Crippen molar-refractivity contribution in [3.63, 3.8) is 0 Å². The highest BCUT2D eigenvalue weighted by Crippen LogP contribution is 2.44. The maximum Gasteiger partial charge on any atom is 0.407 e. The predicted molar refractivity (Wildman–Crippen MR) is 128 cm³/mol. The normalized spacial score (nSPS) is 18.2. The topological polar surface area (TPSA) is 95.9 Å². The van der Waals surface area contributed by atoms with Gasteiger partial charge in [0.05, 0.1) is 0 Å². The number of nitrogens with zero attached hydrogens (tertiary/aromatic N) is 1. The number of piperidine rings is 1. The van der Waals surface area contributed by atoms with Gasteiger partial charge in [-0.15, -0.1) is 0 Å². The number of hydrogen-bond acceptors (Lipinski definition) is 4. The van der Waals surface area contributed by atoms with Gasteiger partial charge in [-0.1, -0.05) is 62.4 Å². The highest BCUT2D eigenvalue weighted by atomic mass is 16.5. The fraction of sp³-hybridized carbons (Fsp3) is 0.444. The van der Waals surface area contributed by atoms with Crippen LogP contribution in [0.5, 0.6) is 0 Å². The predicted octanol–water partition coefficient (Wildman–Crippen LogP) is 4.41. The Morgan fingerprint density at radius 3 is 2.24 bits per heavy atom. The zero-order chi connectivity index (χ0) is 24.2. The van der Waals surface area contributed by atoms with Crippen molar-refractivity contribution in [1.29, 1.82) is 0 Å². The molecule has 2 atom stereocenters. The third-order valence-electron chi connectivity index (χ3n) is 6.95. The molecule has 0 aromatic heterocycles. The molecular formula is C27H32N2O5. The standard InChI is InChI=1S/C27H32N2O5/c1-17(2)23(15-25(30)29-14-8-7-13-24(29)26(31)32)28-27(33)34-16-22-20-11-5-3-9-18(20)19-10-4-6-12-21(19)22/h3-6,9-12,17,22-24H,7-8,13-16H2,1-2H3,(H,28,33)(H,31,32)/t23?,24-/m1/s1. The molecule has 1 fully saturated rings. The maximum absolute atomic E-state index is 12.9. The number of carbonyl (C=O) groups is 3. The first-order valence-corrected chi connectivity index (χ1v) is 12.0. The summed E-state index contributed by atoms with van der Waals surface area (Å²) in [6.07, 6.45) is 1.54. The van der Waals surface area contributed by atoms with Crippen molar-refractivity contribution in [1.82, 2.24) is 10.2 Å². The lowest BCUT2D eigenvalue weighted by molar-refractivity contribution is -0.152. The maximum atomic E-state index is 12.9. The third kappa shape index (κ3) is 4.93. The fourth-order valence-corrected chi connectivity index (χ4v) is 5.04. The van der Waals surface area contributed by atoms with Crippen LogP contribution in [0, 0.1) is 5.92 Å². The van der Waals surface area contributed by atoms with E-state index in [4.69, 9.17) is 4.74 Å². The molecule has 2 aromatic carbocycles. The van der Waals surface area contributed by atoms with Crippen molar-refractivity contribution in [2.75, 3.05) is 13.2 Å². The molecule has 34 heavy (non-hydrogen) atoms. The zero-order valence-electron chi connectivity index (χ0n) is 19.7. The fourth-order valence-electron chi connectivity index (χ4n) is 5.04.